The van der Waals surface area contributed by atoms with Crippen molar-refractivity contribution in [3.8, 4) is 0 Å². The molecule has 0 aromatic heterocycles. The first-order chi connectivity index (χ1) is 5.83. The van der Waals surface area contributed by atoms with Crippen LogP contribution in [0.15, 0.2) is 24.3 Å². The van der Waals surface area contributed by atoms with Gasteiger partial charge in [0.1, 0.15) is 5.44 Å². The lowest BCUT2D eigenvalue weighted by molar-refractivity contribution is 0.0735. The molecule has 1 aromatic carbocycles. The number of fused-ring (bicyclic) bond motifs is 1. The van der Waals surface area contributed by atoms with Crippen molar-refractivity contribution in [3.63, 3.8) is 0 Å². The van der Waals surface area contributed by atoms with Gasteiger partial charge in [0.25, 0.3) is 0 Å². The number of benzene rings is 1. The van der Waals surface area contributed by atoms with Crippen molar-refractivity contribution in [2.75, 3.05) is 6.26 Å². The Labute approximate surface area is 77.1 Å². The lowest BCUT2D eigenvalue weighted by Crippen LogP contribution is -1.89. The van der Waals surface area contributed by atoms with Crippen molar-refractivity contribution in [1.82, 2.24) is 0 Å². The zero-order valence-electron chi connectivity index (χ0n) is 7.28. The maximum absolute atomic E-state index is 5.74. The third-order valence-corrected chi connectivity index (χ3v) is 3.02. The van der Waals surface area contributed by atoms with Crippen LogP contribution in [-0.4, -0.2) is 6.26 Å². The van der Waals surface area contributed by atoms with Gasteiger partial charge in [-0.05, 0) is 24.3 Å². The van der Waals surface area contributed by atoms with Crippen molar-refractivity contribution in [3.05, 3.63) is 35.4 Å². The van der Waals surface area contributed by atoms with E-state index in [1.54, 1.807) is 11.8 Å². The smallest absolute Gasteiger partial charge is 0.129 e. The summed E-state index contributed by atoms with van der Waals surface area (Å²) < 4.78 is 5.74. The van der Waals surface area contributed by atoms with Gasteiger partial charge in [-0.15, -0.1) is 11.8 Å². The van der Waals surface area contributed by atoms with Crippen molar-refractivity contribution in [2.45, 2.75) is 18.5 Å². The van der Waals surface area contributed by atoms with Gasteiger partial charge in [0, 0.05) is 0 Å². The molecule has 0 bridgehead atoms. The van der Waals surface area contributed by atoms with E-state index in [0.717, 1.165) is 0 Å². The summed E-state index contributed by atoms with van der Waals surface area (Å²) in [5.41, 5.74) is 2.94. The summed E-state index contributed by atoms with van der Waals surface area (Å²) in [6.07, 6.45) is 2.35. The summed E-state index contributed by atoms with van der Waals surface area (Å²) in [4.78, 5) is 0. The first kappa shape index (κ1) is 8.14. The van der Waals surface area contributed by atoms with Crippen molar-refractivity contribution in [1.29, 1.82) is 0 Å². The molecule has 64 valence electrons. The average molecular weight is 180 g/mol. The Kier molecular flexibility index (Phi) is 2.11. The van der Waals surface area contributed by atoms with E-state index < -0.39 is 0 Å². The SMILES string of the molecule is CS[C@@H]1O[C@@H](C)c2ccccc21. The van der Waals surface area contributed by atoms with E-state index in [-0.39, 0.29) is 11.5 Å². The molecule has 1 heterocycles. The lowest BCUT2D eigenvalue weighted by Gasteiger charge is -2.07. The Morgan fingerprint density at radius 1 is 1.25 bits per heavy atom. The molecule has 0 saturated heterocycles. The van der Waals surface area contributed by atoms with Gasteiger partial charge in [-0.25, -0.2) is 0 Å². The maximum atomic E-state index is 5.74. The molecule has 1 nitrogen and oxygen atoms in total. The van der Waals surface area contributed by atoms with E-state index in [2.05, 4.69) is 37.4 Å². The van der Waals surface area contributed by atoms with E-state index in [1.807, 2.05) is 0 Å². The van der Waals surface area contributed by atoms with Crippen LogP contribution in [0, 0.1) is 0 Å². The van der Waals surface area contributed by atoms with E-state index in [1.165, 1.54) is 11.1 Å². The molecule has 1 aliphatic heterocycles. The molecule has 1 aromatic rings. The van der Waals surface area contributed by atoms with Crippen LogP contribution < -0.4 is 0 Å². The fourth-order valence-electron chi connectivity index (χ4n) is 1.61. The molecule has 0 amide bonds. The second kappa shape index (κ2) is 3.11. The molecule has 0 radical (unpaired) electrons. The van der Waals surface area contributed by atoms with Crippen LogP contribution in [0.4, 0.5) is 0 Å². The van der Waals surface area contributed by atoms with Gasteiger partial charge < -0.3 is 4.74 Å². The molecular weight excluding hydrogens is 168 g/mol. The third kappa shape index (κ3) is 1.15. The molecule has 2 atom stereocenters. The molecular formula is C10H12OS. The third-order valence-electron chi connectivity index (χ3n) is 2.23. The van der Waals surface area contributed by atoms with Gasteiger partial charge in [0.15, 0.2) is 0 Å². The van der Waals surface area contributed by atoms with Crippen LogP contribution in [0.25, 0.3) is 0 Å². The average Bonchev–Trinajstić information content (AvgIpc) is 2.44. The monoisotopic (exact) mass is 180 g/mol. The minimum Gasteiger partial charge on any atom is -0.355 e. The predicted octanol–water partition coefficient (Wildman–Crippen LogP) is 3.14. The Bertz CT molecular complexity index is 285. The zero-order valence-corrected chi connectivity index (χ0v) is 8.10. The molecule has 0 spiro atoms. The summed E-state index contributed by atoms with van der Waals surface area (Å²) in [6, 6.07) is 8.45. The first-order valence-electron chi connectivity index (χ1n) is 4.10. The van der Waals surface area contributed by atoms with E-state index in [4.69, 9.17) is 4.74 Å². The predicted molar refractivity (Wildman–Crippen MR) is 52.2 cm³/mol. The Morgan fingerprint density at radius 2 is 1.92 bits per heavy atom. The largest absolute Gasteiger partial charge is 0.355 e. The highest BCUT2D eigenvalue weighted by atomic mass is 32.2. The lowest BCUT2D eigenvalue weighted by atomic mass is 10.1. The van der Waals surface area contributed by atoms with Crippen LogP contribution in [0.3, 0.4) is 0 Å². The molecule has 0 aliphatic carbocycles. The van der Waals surface area contributed by atoms with Gasteiger partial charge in [0.2, 0.25) is 0 Å². The second-order valence-electron chi connectivity index (χ2n) is 2.97. The number of ether oxygens (including phenoxy) is 1. The highest BCUT2D eigenvalue weighted by Crippen LogP contribution is 2.43. The molecule has 12 heavy (non-hydrogen) atoms. The van der Waals surface area contributed by atoms with Crippen LogP contribution in [-0.2, 0) is 4.74 Å². The quantitative estimate of drug-likeness (QED) is 0.656. The van der Waals surface area contributed by atoms with Gasteiger partial charge >= 0.3 is 0 Å². The summed E-state index contributed by atoms with van der Waals surface area (Å²) in [7, 11) is 0. The summed E-state index contributed by atoms with van der Waals surface area (Å²) in [5, 5.41) is 0. The number of rotatable bonds is 1. The number of hydrogen-bond donors (Lipinski definition) is 0. The fourth-order valence-corrected chi connectivity index (χ4v) is 2.36. The Balaban J connectivity index is 2.43. The van der Waals surface area contributed by atoms with Crippen molar-refractivity contribution in [2.24, 2.45) is 0 Å². The highest BCUT2D eigenvalue weighted by Gasteiger charge is 2.27. The molecule has 0 saturated carbocycles. The number of thioether (sulfide) groups is 1. The Morgan fingerprint density at radius 3 is 2.58 bits per heavy atom. The van der Waals surface area contributed by atoms with Gasteiger partial charge in [-0.1, -0.05) is 24.3 Å². The first-order valence-corrected chi connectivity index (χ1v) is 5.39. The fraction of sp³-hybridized carbons (Fsp3) is 0.400. The molecule has 0 fully saturated rings. The van der Waals surface area contributed by atoms with Crippen LogP contribution in [0.5, 0.6) is 0 Å². The molecule has 2 rings (SSSR count). The maximum Gasteiger partial charge on any atom is 0.129 e. The van der Waals surface area contributed by atoms with Crippen LogP contribution in [0.2, 0.25) is 0 Å². The number of hydrogen-bond acceptors (Lipinski definition) is 2. The highest BCUT2D eigenvalue weighted by molar-refractivity contribution is 7.98. The van der Waals surface area contributed by atoms with Gasteiger partial charge in [-0.2, -0.15) is 0 Å². The Hall–Kier alpha value is -0.470. The van der Waals surface area contributed by atoms with E-state index >= 15 is 0 Å². The zero-order chi connectivity index (χ0) is 8.55. The van der Waals surface area contributed by atoms with E-state index in [0.29, 0.717) is 0 Å². The second-order valence-corrected chi connectivity index (χ2v) is 3.87. The summed E-state index contributed by atoms with van der Waals surface area (Å²) in [6.45, 7) is 2.11. The van der Waals surface area contributed by atoms with Crippen molar-refractivity contribution < 1.29 is 4.74 Å². The van der Waals surface area contributed by atoms with Gasteiger partial charge in [-0.3, -0.25) is 0 Å². The van der Waals surface area contributed by atoms with Gasteiger partial charge in [0.05, 0.1) is 6.10 Å². The topological polar surface area (TPSA) is 9.23 Å². The minimum atomic E-state index is 0.246. The van der Waals surface area contributed by atoms with Crippen LogP contribution in [0.1, 0.15) is 29.6 Å². The standard InChI is InChI=1S/C10H12OS/c1-7-8-5-3-4-6-9(8)10(11-7)12-2/h3-7,10H,1-2H3/t7-,10-/m0/s1. The summed E-state index contributed by atoms with van der Waals surface area (Å²) in [5.74, 6) is 0. The molecule has 1 aliphatic rings. The van der Waals surface area contributed by atoms with Crippen LogP contribution >= 0.6 is 11.8 Å². The van der Waals surface area contributed by atoms with Crippen molar-refractivity contribution >= 4 is 11.8 Å². The summed E-state index contributed by atoms with van der Waals surface area (Å²) >= 11 is 1.76. The normalized spacial score (nSPS) is 27.2. The van der Waals surface area contributed by atoms with E-state index in [9.17, 15) is 0 Å². The minimum absolute atomic E-state index is 0.246. The molecule has 0 N–H and O–H groups in total. The molecule has 2 heteroatoms. The molecule has 0 unspecified atom stereocenters.